The minimum Gasteiger partial charge on any atom is -0.545 e. The van der Waals surface area contributed by atoms with Crippen LogP contribution in [0.25, 0.3) is 0 Å². The second kappa shape index (κ2) is 68.4. The predicted molar refractivity (Wildman–Crippen MR) is 371 cm³/mol. The molecule has 87 heavy (non-hydrogen) atoms. The van der Waals surface area contributed by atoms with Crippen molar-refractivity contribution >= 4 is 17.9 Å². The summed E-state index contributed by atoms with van der Waals surface area (Å²) in [5, 5.41) is 11.8. The van der Waals surface area contributed by atoms with Gasteiger partial charge in [-0.1, -0.05) is 336 Å². The lowest BCUT2D eigenvalue weighted by molar-refractivity contribution is -0.870. The zero-order valence-corrected chi connectivity index (χ0v) is 57.6. The van der Waals surface area contributed by atoms with E-state index in [0.29, 0.717) is 23.9 Å². The monoisotopic (exact) mass is 1220 g/mol. The standard InChI is InChI=1S/C78H139NO8/c1-6-8-10-12-14-16-18-20-22-24-26-28-30-32-33-34-35-36-37-38-39-40-41-42-43-45-47-49-51-53-55-57-59-61-63-65-67-69-76(81)87-74(73-86-78(77(82)83)84-71-70-79(3,4)5)72-85-75(80)68-66-64-62-60-58-56-54-52-50-48-46-44-31-29-27-25-23-21-19-17-15-13-11-9-7-2/h8,10,14,16,20,22,26,28,32-33,35-36,38-39,74,78H,6-7,9,11-13,15,17-19,21,23-25,27,29-31,34,37,40-73H2,1-5H3/b10-8-,16-14-,22-20-,28-26-,33-32-,36-35-,39-38-. The maximum absolute atomic E-state index is 12.9. The van der Waals surface area contributed by atoms with E-state index in [2.05, 4.69) is 98.9 Å². The summed E-state index contributed by atoms with van der Waals surface area (Å²) in [5.74, 6) is -2.26. The number of carboxylic acid groups (broad SMARTS) is 1. The molecule has 504 valence electrons. The summed E-state index contributed by atoms with van der Waals surface area (Å²) in [7, 11) is 5.94. The lowest BCUT2D eigenvalue weighted by Crippen LogP contribution is -2.44. The van der Waals surface area contributed by atoms with Crippen molar-refractivity contribution in [2.75, 3.05) is 47.5 Å². The molecule has 2 unspecified atom stereocenters. The molecule has 0 aliphatic rings. The second-order valence-corrected chi connectivity index (χ2v) is 25.9. The van der Waals surface area contributed by atoms with Crippen molar-refractivity contribution in [2.24, 2.45) is 0 Å². The van der Waals surface area contributed by atoms with E-state index in [-0.39, 0.29) is 32.2 Å². The van der Waals surface area contributed by atoms with Gasteiger partial charge in [0.2, 0.25) is 0 Å². The van der Waals surface area contributed by atoms with Crippen molar-refractivity contribution in [3.05, 3.63) is 85.1 Å². The van der Waals surface area contributed by atoms with Crippen molar-refractivity contribution in [3.63, 3.8) is 0 Å². The lowest BCUT2D eigenvalue weighted by atomic mass is 10.0. The van der Waals surface area contributed by atoms with Crippen molar-refractivity contribution in [2.45, 2.75) is 347 Å². The van der Waals surface area contributed by atoms with Crippen LogP contribution in [0.5, 0.6) is 0 Å². The molecule has 9 nitrogen and oxygen atoms in total. The molecule has 0 heterocycles. The highest BCUT2D eigenvalue weighted by molar-refractivity contribution is 5.70. The molecule has 0 spiro atoms. The lowest BCUT2D eigenvalue weighted by Gasteiger charge is -2.26. The molecular formula is C78H139NO8. The van der Waals surface area contributed by atoms with Crippen LogP contribution in [-0.4, -0.2) is 82.3 Å². The first-order valence-electron chi connectivity index (χ1n) is 36.7. The summed E-state index contributed by atoms with van der Waals surface area (Å²) >= 11 is 0. The summed E-state index contributed by atoms with van der Waals surface area (Å²) in [6, 6.07) is 0. The molecule has 0 saturated carbocycles. The van der Waals surface area contributed by atoms with E-state index >= 15 is 0 Å². The van der Waals surface area contributed by atoms with E-state index in [1.807, 2.05) is 21.1 Å². The molecule has 2 atom stereocenters. The van der Waals surface area contributed by atoms with Gasteiger partial charge in [-0.3, -0.25) is 9.59 Å². The maximum atomic E-state index is 12.9. The third-order valence-electron chi connectivity index (χ3n) is 16.2. The van der Waals surface area contributed by atoms with Gasteiger partial charge < -0.3 is 33.3 Å². The van der Waals surface area contributed by atoms with Crippen LogP contribution in [0.2, 0.25) is 0 Å². The van der Waals surface area contributed by atoms with Gasteiger partial charge in [0, 0.05) is 12.8 Å². The number of carboxylic acids is 1. The number of quaternary nitrogens is 1. The molecule has 0 aromatic rings. The van der Waals surface area contributed by atoms with Gasteiger partial charge in [0.1, 0.15) is 13.2 Å². The number of rotatable bonds is 68. The molecule has 0 rings (SSSR count). The van der Waals surface area contributed by atoms with Gasteiger partial charge >= 0.3 is 11.9 Å². The number of esters is 2. The fraction of sp³-hybridized carbons (Fsp3) is 0.782. The maximum Gasteiger partial charge on any atom is 0.306 e. The van der Waals surface area contributed by atoms with Crippen LogP contribution in [0.3, 0.4) is 0 Å². The van der Waals surface area contributed by atoms with Crippen LogP contribution in [-0.2, 0) is 33.3 Å². The highest BCUT2D eigenvalue weighted by Gasteiger charge is 2.22. The minimum atomic E-state index is -1.62. The van der Waals surface area contributed by atoms with Crippen LogP contribution in [0.15, 0.2) is 85.1 Å². The number of allylic oxidation sites excluding steroid dienone is 14. The predicted octanol–water partition coefficient (Wildman–Crippen LogP) is 21.7. The Bertz CT molecular complexity index is 1700. The topological polar surface area (TPSA) is 111 Å². The smallest absolute Gasteiger partial charge is 0.306 e. The van der Waals surface area contributed by atoms with Gasteiger partial charge in [-0.05, 0) is 70.6 Å². The Labute approximate surface area is 538 Å². The highest BCUT2D eigenvalue weighted by Crippen LogP contribution is 2.18. The first-order chi connectivity index (χ1) is 42.6. The van der Waals surface area contributed by atoms with E-state index < -0.39 is 24.3 Å². The molecule has 0 fully saturated rings. The van der Waals surface area contributed by atoms with Gasteiger partial charge in [0.05, 0.1) is 40.3 Å². The van der Waals surface area contributed by atoms with Crippen molar-refractivity contribution < 1.29 is 42.9 Å². The van der Waals surface area contributed by atoms with Gasteiger partial charge in [-0.15, -0.1) is 0 Å². The summed E-state index contributed by atoms with van der Waals surface area (Å²) in [5.41, 5.74) is 0. The number of nitrogens with zero attached hydrogens (tertiary/aromatic N) is 1. The van der Waals surface area contributed by atoms with E-state index in [9.17, 15) is 19.5 Å². The third kappa shape index (κ3) is 69.8. The zero-order chi connectivity index (χ0) is 63.3. The number of carbonyl (C=O) groups is 3. The Morgan fingerprint density at radius 2 is 0.655 bits per heavy atom. The summed E-state index contributed by atoms with van der Waals surface area (Å²) in [4.78, 5) is 37.5. The average Bonchev–Trinajstić information content (AvgIpc) is 3.57. The number of hydrogen-bond donors (Lipinski definition) is 0. The van der Waals surface area contributed by atoms with Crippen LogP contribution in [0, 0.1) is 0 Å². The molecule has 0 aromatic carbocycles. The highest BCUT2D eigenvalue weighted by atomic mass is 16.7. The summed E-state index contributed by atoms with van der Waals surface area (Å²) in [6.07, 6.45) is 89.6. The quantitative estimate of drug-likeness (QED) is 0.0195. The summed E-state index contributed by atoms with van der Waals surface area (Å²) in [6.45, 7) is 4.69. The van der Waals surface area contributed by atoms with Gasteiger partial charge in [-0.2, -0.15) is 0 Å². The van der Waals surface area contributed by atoms with Crippen LogP contribution in [0.4, 0.5) is 0 Å². The van der Waals surface area contributed by atoms with E-state index in [4.69, 9.17) is 18.9 Å². The fourth-order valence-corrected chi connectivity index (χ4v) is 10.6. The Kier molecular flexibility index (Phi) is 65.6. The molecule has 0 aromatic heterocycles. The normalized spacial score (nSPS) is 13.2. The minimum absolute atomic E-state index is 0.148. The molecule has 0 radical (unpaired) electrons. The Morgan fingerprint density at radius 3 is 0.977 bits per heavy atom. The molecule has 0 aliphatic carbocycles. The number of ether oxygens (including phenoxy) is 4. The SMILES string of the molecule is CC/C=C\C/C=C\C/C=C\C/C=C\C/C=C\C/C=C\C/C=C\CCCCCCCCCCCCCCCCCC(=O)OC(COC(=O)CCCCCCCCCCCCCCCCCCCCCCCCCCC)COC(OCC[N+](C)(C)C)C(=O)[O-]. The molecule has 0 amide bonds. The van der Waals surface area contributed by atoms with Crippen LogP contribution in [0.1, 0.15) is 335 Å². The van der Waals surface area contributed by atoms with Gasteiger partial charge in [0.25, 0.3) is 0 Å². The molecule has 0 N–H and O–H groups in total. The van der Waals surface area contributed by atoms with E-state index in [0.717, 1.165) is 83.5 Å². The Hall–Kier alpha value is -3.53. The largest absolute Gasteiger partial charge is 0.545 e. The third-order valence-corrected chi connectivity index (χ3v) is 16.2. The number of unbranched alkanes of at least 4 members (excludes halogenated alkanes) is 39. The number of likely N-dealkylation sites (N-methyl/N-ethyl adjacent to an activating group) is 1. The number of carbonyl (C=O) groups excluding carboxylic acids is 3. The van der Waals surface area contributed by atoms with Crippen LogP contribution < -0.4 is 5.11 Å². The number of hydrogen-bond acceptors (Lipinski definition) is 8. The molecule has 9 heteroatoms. The zero-order valence-electron chi connectivity index (χ0n) is 57.6. The molecular weight excluding hydrogens is 1080 g/mol. The molecule has 0 saturated heterocycles. The summed E-state index contributed by atoms with van der Waals surface area (Å²) < 4.78 is 22.8. The van der Waals surface area contributed by atoms with Crippen molar-refractivity contribution in [1.82, 2.24) is 0 Å². The molecule has 0 bridgehead atoms. The Morgan fingerprint density at radius 1 is 0.356 bits per heavy atom. The van der Waals surface area contributed by atoms with E-state index in [1.54, 1.807) is 0 Å². The first kappa shape index (κ1) is 83.5. The Balaban J connectivity index is 4.06. The van der Waals surface area contributed by atoms with Gasteiger partial charge in [0.15, 0.2) is 12.4 Å². The van der Waals surface area contributed by atoms with E-state index in [1.165, 1.54) is 218 Å². The van der Waals surface area contributed by atoms with Crippen molar-refractivity contribution in [3.8, 4) is 0 Å². The van der Waals surface area contributed by atoms with Crippen molar-refractivity contribution in [1.29, 1.82) is 0 Å². The average molecular weight is 1220 g/mol. The second-order valence-electron chi connectivity index (χ2n) is 25.9. The van der Waals surface area contributed by atoms with Crippen LogP contribution >= 0.6 is 0 Å². The van der Waals surface area contributed by atoms with Gasteiger partial charge in [-0.25, -0.2) is 0 Å². The number of aliphatic carboxylic acids is 1. The first-order valence-corrected chi connectivity index (χ1v) is 36.7. The molecule has 0 aliphatic heterocycles. The fourth-order valence-electron chi connectivity index (χ4n) is 10.6.